The number of halogens is 1. The minimum Gasteiger partial charge on any atom is -0.339 e. The zero-order valence-corrected chi connectivity index (χ0v) is 12.7. The van der Waals surface area contributed by atoms with Gasteiger partial charge in [0.2, 0.25) is 5.95 Å². The van der Waals surface area contributed by atoms with Gasteiger partial charge in [0.1, 0.15) is 10.6 Å². The highest BCUT2D eigenvalue weighted by Crippen LogP contribution is 2.29. The maximum Gasteiger partial charge on any atom is 0.240 e. The van der Waals surface area contributed by atoms with Gasteiger partial charge in [0.15, 0.2) is 0 Å². The van der Waals surface area contributed by atoms with Gasteiger partial charge in [-0.1, -0.05) is 12.1 Å². The van der Waals surface area contributed by atoms with E-state index in [0.717, 1.165) is 25.3 Å². The molecule has 0 saturated carbocycles. The van der Waals surface area contributed by atoms with E-state index in [9.17, 15) is 0 Å². The van der Waals surface area contributed by atoms with Gasteiger partial charge in [-0.2, -0.15) is 4.98 Å². The second-order valence-corrected chi connectivity index (χ2v) is 5.84. The molecule has 5 nitrogen and oxygen atoms in total. The molecule has 0 aliphatic heterocycles. The first kappa shape index (κ1) is 12.6. The Hall–Kier alpha value is -1.45. The number of thiophene rings is 1. The van der Waals surface area contributed by atoms with Crippen LogP contribution in [0, 0.1) is 3.57 Å². The molecule has 7 heteroatoms. The van der Waals surface area contributed by atoms with Gasteiger partial charge in [-0.3, -0.25) is 5.43 Å². The number of anilines is 3. The van der Waals surface area contributed by atoms with E-state index in [1.54, 1.807) is 11.3 Å². The Bertz CT molecular complexity index is 727. The second kappa shape index (κ2) is 5.27. The lowest BCUT2D eigenvalue weighted by Crippen LogP contribution is -2.11. The Morgan fingerprint density at radius 1 is 1.16 bits per heavy atom. The Kier molecular flexibility index (Phi) is 3.49. The molecule has 0 fully saturated rings. The van der Waals surface area contributed by atoms with E-state index >= 15 is 0 Å². The Labute approximate surface area is 127 Å². The molecule has 0 spiro atoms. The Balaban J connectivity index is 2.09. The van der Waals surface area contributed by atoms with Crippen molar-refractivity contribution >= 4 is 61.6 Å². The van der Waals surface area contributed by atoms with Gasteiger partial charge in [-0.25, -0.2) is 10.8 Å². The third-order valence-electron chi connectivity index (χ3n) is 2.58. The summed E-state index contributed by atoms with van der Waals surface area (Å²) >= 11 is 3.84. The summed E-state index contributed by atoms with van der Waals surface area (Å²) in [5, 5.41) is 6.30. The summed E-state index contributed by atoms with van der Waals surface area (Å²) < 4.78 is 1.13. The lowest BCUT2D eigenvalue weighted by atomic mass is 10.3. The van der Waals surface area contributed by atoms with Crippen molar-refractivity contribution in [3.63, 3.8) is 0 Å². The maximum atomic E-state index is 5.40. The molecule has 0 radical (unpaired) electrons. The molecule has 3 rings (SSSR count). The lowest BCUT2D eigenvalue weighted by Gasteiger charge is -2.09. The van der Waals surface area contributed by atoms with Crippen LogP contribution in [0.4, 0.5) is 17.5 Å². The van der Waals surface area contributed by atoms with Gasteiger partial charge in [-0.05, 0) is 46.2 Å². The molecule has 0 amide bonds. The van der Waals surface area contributed by atoms with Crippen LogP contribution in [0.25, 0.3) is 10.2 Å². The zero-order valence-electron chi connectivity index (χ0n) is 9.72. The van der Waals surface area contributed by atoms with Crippen LogP contribution in [-0.2, 0) is 0 Å². The molecule has 0 aliphatic rings. The van der Waals surface area contributed by atoms with E-state index in [2.05, 4.69) is 43.3 Å². The molecular weight excluding hydrogens is 373 g/mol. The van der Waals surface area contributed by atoms with Crippen molar-refractivity contribution in [3.05, 3.63) is 39.3 Å². The van der Waals surface area contributed by atoms with Crippen LogP contribution in [0.2, 0.25) is 0 Å². The van der Waals surface area contributed by atoms with Gasteiger partial charge in [0.25, 0.3) is 0 Å². The predicted octanol–water partition coefficient (Wildman–Crippen LogP) is 3.33. The average molecular weight is 383 g/mol. The third kappa shape index (κ3) is 2.48. The van der Waals surface area contributed by atoms with Crippen LogP contribution in [0.1, 0.15) is 0 Å². The largest absolute Gasteiger partial charge is 0.339 e. The number of fused-ring (bicyclic) bond motifs is 1. The normalized spacial score (nSPS) is 10.6. The van der Waals surface area contributed by atoms with E-state index in [-0.39, 0.29) is 0 Å². The lowest BCUT2D eigenvalue weighted by molar-refractivity contribution is 1.16. The van der Waals surface area contributed by atoms with Crippen LogP contribution in [-0.4, -0.2) is 9.97 Å². The Morgan fingerprint density at radius 2 is 2.00 bits per heavy atom. The zero-order chi connectivity index (χ0) is 13.2. The first-order chi connectivity index (χ1) is 9.28. The van der Waals surface area contributed by atoms with Crippen molar-refractivity contribution in [2.75, 3.05) is 10.7 Å². The predicted molar refractivity (Wildman–Crippen MR) is 87.7 cm³/mol. The summed E-state index contributed by atoms with van der Waals surface area (Å²) in [6.07, 6.45) is 0. The highest BCUT2D eigenvalue weighted by Gasteiger charge is 2.09. The number of nitrogen functional groups attached to an aromatic ring is 1. The highest BCUT2D eigenvalue weighted by atomic mass is 127. The van der Waals surface area contributed by atoms with Gasteiger partial charge < -0.3 is 5.32 Å². The molecular formula is C12H10IN5S. The molecule has 0 bridgehead atoms. The number of hydrogen-bond acceptors (Lipinski definition) is 6. The van der Waals surface area contributed by atoms with Crippen LogP contribution in [0.3, 0.4) is 0 Å². The van der Waals surface area contributed by atoms with Crippen LogP contribution in [0.5, 0.6) is 0 Å². The fourth-order valence-electron chi connectivity index (χ4n) is 1.71. The number of nitrogens with two attached hydrogens (primary N) is 1. The van der Waals surface area contributed by atoms with Crippen molar-refractivity contribution in [2.45, 2.75) is 0 Å². The molecule has 2 aromatic heterocycles. The van der Waals surface area contributed by atoms with Gasteiger partial charge >= 0.3 is 0 Å². The summed E-state index contributed by atoms with van der Waals surface area (Å²) in [6.45, 7) is 0. The molecule has 96 valence electrons. The fraction of sp³-hybridized carbons (Fsp3) is 0. The third-order valence-corrected chi connectivity index (χ3v) is 4.33. The summed E-state index contributed by atoms with van der Waals surface area (Å²) in [5.41, 5.74) is 3.50. The monoisotopic (exact) mass is 383 g/mol. The second-order valence-electron chi connectivity index (χ2n) is 3.78. The van der Waals surface area contributed by atoms with Gasteiger partial charge in [0, 0.05) is 3.57 Å². The number of para-hydroxylation sites is 1. The molecule has 0 unspecified atom stereocenters. The van der Waals surface area contributed by atoms with E-state index in [4.69, 9.17) is 5.84 Å². The van der Waals surface area contributed by atoms with Crippen molar-refractivity contribution in [1.82, 2.24) is 9.97 Å². The number of benzene rings is 1. The fourth-order valence-corrected chi connectivity index (χ4v) is 2.99. The van der Waals surface area contributed by atoms with Gasteiger partial charge in [-0.15, -0.1) is 11.3 Å². The van der Waals surface area contributed by atoms with Crippen LogP contribution < -0.4 is 16.6 Å². The highest BCUT2D eigenvalue weighted by molar-refractivity contribution is 14.1. The molecule has 0 atom stereocenters. The first-order valence-electron chi connectivity index (χ1n) is 5.51. The number of rotatable bonds is 3. The standard InChI is InChI=1S/C12H10IN5S/c13-8-3-1-2-4-9(8)15-10-7-5-6-19-11(7)17-12(16-10)18-14/h1-6H,14H2,(H2,15,16,17,18). The van der Waals surface area contributed by atoms with E-state index in [1.165, 1.54) is 0 Å². The molecule has 0 saturated heterocycles. The average Bonchev–Trinajstić information content (AvgIpc) is 2.89. The molecule has 4 N–H and O–H groups in total. The quantitative estimate of drug-likeness (QED) is 0.368. The summed E-state index contributed by atoms with van der Waals surface area (Å²) in [4.78, 5) is 9.58. The van der Waals surface area contributed by atoms with Crippen LogP contribution >= 0.6 is 33.9 Å². The maximum absolute atomic E-state index is 5.40. The van der Waals surface area contributed by atoms with Crippen LogP contribution in [0.15, 0.2) is 35.7 Å². The summed E-state index contributed by atoms with van der Waals surface area (Å²) in [6, 6.07) is 10.0. The van der Waals surface area contributed by atoms with Gasteiger partial charge in [0.05, 0.1) is 11.1 Å². The number of nitrogens with one attached hydrogen (secondary N) is 2. The molecule has 0 aliphatic carbocycles. The van der Waals surface area contributed by atoms with E-state index in [1.807, 2.05) is 35.7 Å². The summed E-state index contributed by atoms with van der Waals surface area (Å²) in [7, 11) is 0. The number of nitrogens with zero attached hydrogens (tertiary/aromatic N) is 2. The molecule has 3 aromatic rings. The van der Waals surface area contributed by atoms with E-state index < -0.39 is 0 Å². The number of hydrazine groups is 1. The molecule has 2 heterocycles. The van der Waals surface area contributed by atoms with Crippen molar-refractivity contribution < 1.29 is 0 Å². The smallest absolute Gasteiger partial charge is 0.240 e. The molecule has 19 heavy (non-hydrogen) atoms. The topological polar surface area (TPSA) is 75.9 Å². The number of aromatic nitrogens is 2. The molecule has 1 aromatic carbocycles. The summed E-state index contributed by atoms with van der Waals surface area (Å²) in [5.74, 6) is 6.56. The van der Waals surface area contributed by atoms with Crippen molar-refractivity contribution in [1.29, 1.82) is 0 Å². The van der Waals surface area contributed by atoms with Crippen molar-refractivity contribution in [3.8, 4) is 0 Å². The SMILES string of the molecule is NNc1nc(Nc2ccccc2I)c2ccsc2n1. The Morgan fingerprint density at radius 3 is 2.79 bits per heavy atom. The minimum atomic E-state index is 0.406. The first-order valence-corrected chi connectivity index (χ1v) is 7.47. The minimum absolute atomic E-state index is 0.406. The number of hydrogen-bond donors (Lipinski definition) is 3. The van der Waals surface area contributed by atoms with Crippen molar-refractivity contribution in [2.24, 2.45) is 5.84 Å². The van der Waals surface area contributed by atoms with E-state index in [0.29, 0.717) is 5.95 Å².